The second kappa shape index (κ2) is 11.5. The highest BCUT2D eigenvalue weighted by Gasteiger charge is 2.17. The van der Waals surface area contributed by atoms with Crippen LogP contribution in [0.15, 0.2) is 65.7 Å². The van der Waals surface area contributed by atoms with Crippen LogP contribution in [0.5, 0.6) is 0 Å². The van der Waals surface area contributed by atoms with Crippen LogP contribution in [0.25, 0.3) is 44.6 Å². The quantitative estimate of drug-likeness (QED) is 0.250. The fourth-order valence-electron chi connectivity index (χ4n) is 5.68. The molecule has 3 aromatic heterocycles. The van der Waals surface area contributed by atoms with E-state index in [1.54, 1.807) is 6.20 Å². The minimum atomic E-state index is -0.0949. The zero-order valence-electron chi connectivity index (χ0n) is 22.7. The van der Waals surface area contributed by atoms with Gasteiger partial charge in [-0.3, -0.25) is 9.78 Å². The van der Waals surface area contributed by atoms with Gasteiger partial charge in [-0.2, -0.15) is 0 Å². The van der Waals surface area contributed by atoms with Gasteiger partial charge in [-0.15, -0.1) is 0 Å². The van der Waals surface area contributed by atoms with E-state index in [2.05, 4.69) is 62.8 Å². The van der Waals surface area contributed by atoms with Crippen molar-refractivity contribution in [1.29, 1.82) is 0 Å². The Morgan fingerprint density at radius 3 is 2.46 bits per heavy atom. The molecule has 0 spiro atoms. The summed E-state index contributed by atoms with van der Waals surface area (Å²) < 4.78 is 2.34. The van der Waals surface area contributed by atoms with Crippen molar-refractivity contribution in [2.45, 2.75) is 58.4 Å². The van der Waals surface area contributed by atoms with Gasteiger partial charge in [0.05, 0.1) is 22.1 Å². The molecule has 0 amide bonds. The average Bonchev–Trinajstić information content (AvgIpc) is 3.33. The monoisotopic (exact) mass is 520 g/mol. The van der Waals surface area contributed by atoms with Crippen molar-refractivity contribution in [1.82, 2.24) is 29.4 Å². The number of likely N-dealkylation sites (tertiary alicyclic amines) is 1. The summed E-state index contributed by atoms with van der Waals surface area (Å²) >= 11 is 0. The van der Waals surface area contributed by atoms with Gasteiger partial charge in [-0.05, 0) is 81.1 Å². The van der Waals surface area contributed by atoms with E-state index in [-0.39, 0.29) is 5.56 Å². The number of pyridine rings is 1. The van der Waals surface area contributed by atoms with Gasteiger partial charge in [0, 0.05) is 24.5 Å². The number of hydrogen-bond acceptors (Lipinski definition) is 5. The van der Waals surface area contributed by atoms with Crippen molar-refractivity contribution in [3.8, 4) is 22.5 Å². The number of aromatic nitrogens is 5. The number of piperidine rings is 1. The van der Waals surface area contributed by atoms with E-state index in [1.807, 2.05) is 18.3 Å². The first-order valence-corrected chi connectivity index (χ1v) is 14.4. The minimum Gasteiger partial charge on any atom is -0.324 e. The molecule has 1 fully saturated rings. The van der Waals surface area contributed by atoms with Gasteiger partial charge >= 0.3 is 0 Å². The zero-order chi connectivity index (χ0) is 26.6. The summed E-state index contributed by atoms with van der Waals surface area (Å²) in [6, 6.07) is 16.7. The van der Waals surface area contributed by atoms with Crippen LogP contribution in [-0.2, 0) is 13.0 Å². The Hall–Kier alpha value is -3.84. The van der Waals surface area contributed by atoms with Gasteiger partial charge < -0.3 is 14.5 Å². The van der Waals surface area contributed by atoms with E-state index < -0.39 is 0 Å². The smallest absolute Gasteiger partial charge is 0.270 e. The molecule has 7 nitrogen and oxygen atoms in total. The van der Waals surface area contributed by atoms with E-state index in [9.17, 15) is 4.79 Å². The lowest BCUT2D eigenvalue weighted by Gasteiger charge is -2.26. The molecular weight excluding hydrogens is 484 g/mol. The first kappa shape index (κ1) is 25.4. The van der Waals surface area contributed by atoms with E-state index in [0.717, 1.165) is 76.9 Å². The number of H-pyrrole nitrogens is 1. The largest absolute Gasteiger partial charge is 0.324 e. The lowest BCUT2D eigenvalue weighted by Crippen LogP contribution is -2.31. The summed E-state index contributed by atoms with van der Waals surface area (Å²) in [5.41, 5.74) is 7.33. The topological polar surface area (TPSA) is 79.7 Å². The Balaban J connectivity index is 1.39. The normalized spacial score (nSPS) is 14.4. The number of unbranched alkanes of at least 4 members (excludes halogenated alkanes) is 1. The van der Waals surface area contributed by atoms with Gasteiger partial charge in [-0.25, -0.2) is 9.97 Å². The van der Waals surface area contributed by atoms with Crippen LogP contribution < -0.4 is 5.56 Å². The summed E-state index contributed by atoms with van der Waals surface area (Å²) in [6.07, 6.45) is 11.4. The standard InChI is InChI=1S/C32H36N6O/c1-2-3-10-26-32(39)36-27-20-29-30(21-28(27)34-26)38(19-8-18-37-16-5-4-6-17-37)31(35-29)24-13-11-23(12-14-24)25-9-7-15-33-22-25/h7,9,11-15,20-22H,2-6,8,10,16-19H2,1H3,(H,36,39). The highest BCUT2D eigenvalue weighted by molar-refractivity contribution is 5.93. The maximum Gasteiger partial charge on any atom is 0.270 e. The number of aromatic amines is 1. The lowest BCUT2D eigenvalue weighted by atomic mass is 10.1. The predicted octanol–water partition coefficient (Wildman–Crippen LogP) is 6.22. The predicted molar refractivity (Wildman–Crippen MR) is 158 cm³/mol. The second-order valence-corrected chi connectivity index (χ2v) is 10.6. The molecule has 0 aliphatic carbocycles. The summed E-state index contributed by atoms with van der Waals surface area (Å²) in [4.78, 5) is 32.4. The molecule has 200 valence electrons. The number of aryl methyl sites for hydroxylation is 2. The molecule has 1 aliphatic rings. The summed E-state index contributed by atoms with van der Waals surface area (Å²) in [5, 5.41) is 0. The molecule has 1 saturated heterocycles. The van der Waals surface area contributed by atoms with Crippen molar-refractivity contribution in [2.75, 3.05) is 19.6 Å². The van der Waals surface area contributed by atoms with Crippen LogP contribution >= 0.6 is 0 Å². The SMILES string of the molecule is CCCCc1nc2cc3c(cc2[nH]c1=O)nc(-c1ccc(-c2cccnc2)cc1)n3CCCN1CCCCC1. The molecule has 0 unspecified atom stereocenters. The maximum atomic E-state index is 12.7. The Morgan fingerprint density at radius 1 is 0.872 bits per heavy atom. The molecule has 39 heavy (non-hydrogen) atoms. The van der Waals surface area contributed by atoms with Crippen molar-refractivity contribution in [2.24, 2.45) is 0 Å². The van der Waals surface area contributed by atoms with Crippen LogP contribution in [0.2, 0.25) is 0 Å². The van der Waals surface area contributed by atoms with Crippen LogP contribution in [0.1, 0.15) is 51.1 Å². The number of nitrogens with zero attached hydrogens (tertiary/aromatic N) is 5. The Bertz CT molecular complexity index is 1610. The van der Waals surface area contributed by atoms with Crippen LogP contribution in [0.4, 0.5) is 0 Å². The number of rotatable bonds is 9. The summed E-state index contributed by atoms with van der Waals surface area (Å²) in [7, 11) is 0. The van der Waals surface area contributed by atoms with Crippen LogP contribution in [0, 0.1) is 0 Å². The molecule has 0 bridgehead atoms. The van der Waals surface area contributed by atoms with Crippen molar-refractivity contribution >= 4 is 22.1 Å². The molecule has 5 aromatic rings. The summed E-state index contributed by atoms with van der Waals surface area (Å²) in [6.45, 7) is 6.52. The third-order valence-electron chi connectivity index (χ3n) is 7.84. The molecule has 1 N–H and O–H groups in total. The Labute approximate surface area is 229 Å². The van der Waals surface area contributed by atoms with E-state index in [1.165, 1.54) is 32.4 Å². The van der Waals surface area contributed by atoms with Crippen molar-refractivity contribution in [3.63, 3.8) is 0 Å². The number of imidazole rings is 1. The molecule has 7 heteroatoms. The number of hydrogen-bond donors (Lipinski definition) is 1. The number of nitrogens with one attached hydrogen (secondary N) is 1. The first-order valence-electron chi connectivity index (χ1n) is 14.4. The number of fused-ring (bicyclic) bond motifs is 2. The minimum absolute atomic E-state index is 0.0949. The third-order valence-corrected chi connectivity index (χ3v) is 7.84. The van der Waals surface area contributed by atoms with Gasteiger partial charge in [0.15, 0.2) is 0 Å². The lowest BCUT2D eigenvalue weighted by molar-refractivity contribution is 0.223. The molecule has 6 rings (SSSR count). The molecule has 2 aromatic carbocycles. The fourth-order valence-corrected chi connectivity index (χ4v) is 5.68. The van der Waals surface area contributed by atoms with Crippen molar-refractivity contribution < 1.29 is 0 Å². The van der Waals surface area contributed by atoms with Gasteiger partial charge in [-0.1, -0.05) is 50.1 Å². The van der Waals surface area contributed by atoms with Crippen molar-refractivity contribution in [3.05, 3.63) is 77.0 Å². The van der Waals surface area contributed by atoms with E-state index >= 15 is 0 Å². The van der Waals surface area contributed by atoms with Gasteiger partial charge in [0.1, 0.15) is 11.5 Å². The molecular formula is C32H36N6O. The average molecular weight is 521 g/mol. The van der Waals surface area contributed by atoms with E-state index in [0.29, 0.717) is 12.1 Å². The van der Waals surface area contributed by atoms with Gasteiger partial charge in [0.25, 0.3) is 5.56 Å². The van der Waals surface area contributed by atoms with E-state index in [4.69, 9.17) is 9.97 Å². The highest BCUT2D eigenvalue weighted by Crippen LogP contribution is 2.29. The summed E-state index contributed by atoms with van der Waals surface area (Å²) in [5.74, 6) is 0.949. The first-order chi connectivity index (χ1) is 19.2. The third kappa shape index (κ3) is 5.50. The second-order valence-electron chi connectivity index (χ2n) is 10.6. The zero-order valence-corrected chi connectivity index (χ0v) is 22.7. The Morgan fingerprint density at radius 2 is 1.69 bits per heavy atom. The molecule has 1 aliphatic heterocycles. The Kier molecular flexibility index (Phi) is 7.50. The molecule has 0 atom stereocenters. The fraction of sp³-hybridized carbons (Fsp3) is 0.375. The molecule has 0 saturated carbocycles. The van der Waals surface area contributed by atoms with Gasteiger partial charge in [0.2, 0.25) is 0 Å². The molecule has 4 heterocycles. The van der Waals surface area contributed by atoms with Crippen LogP contribution in [0.3, 0.4) is 0 Å². The maximum absolute atomic E-state index is 12.7. The molecule has 0 radical (unpaired) electrons. The highest BCUT2D eigenvalue weighted by atomic mass is 16.1. The number of benzene rings is 2. The van der Waals surface area contributed by atoms with Crippen LogP contribution in [-0.4, -0.2) is 49.0 Å².